The van der Waals surface area contributed by atoms with E-state index in [4.69, 9.17) is 5.73 Å². The molecule has 0 aliphatic carbocycles. The predicted molar refractivity (Wildman–Crippen MR) is 76.1 cm³/mol. The molecule has 0 saturated heterocycles. The van der Waals surface area contributed by atoms with Gasteiger partial charge in [0.1, 0.15) is 0 Å². The van der Waals surface area contributed by atoms with Crippen LogP contribution in [0.3, 0.4) is 0 Å². The average Bonchev–Trinajstić information content (AvgIpc) is 2.15. The molecule has 1 atom stereocenters. The average molecular weight is 233 g/mol. The molecule has 0 aliphatic heterocycles. The quantitative estimate of drug-likeness (QED) is 0.813. The van der Waals surface area contributed by atoms with Gasteiger partial charge in [0.25, 0.3) is 0 Å². The van der Waals surface area contributed by atoms with Crippen molar-refractivity contribution in [2.75, 3.05) is 0 Å². The van der Waals surface area contributed by atoms with E-state index >= 15 is 0 Å². The van der Waals surface area contributed by atoms with Crippen molar-refractivity contribution < 1.29 is 0 Å². The summed E-state index contributed by atoms with van der Waals surface area (Å²) < 4.78 is 0. The second-order valence-electron chi connectivity index (χ2n) is 6.68. The van der Waals surface area contributed by atoms with Crippen LogP contribution in [0.1, 0.15) is 53.0 Å². The maximum absolute atomic E-state index is 6.44. The maximum Gasteiger partial charge on any atom is 0.0136 e. The van der Waals surface area contributed by atoms with E-state index in [1.165, 1.54) is 5.56 Å². The summed E-state index contributed by atoms with van der Waals surface area (Å²) in [6.07, 6.45) is 2.09. The molecule has 96 valence electrons. The van der Waals surface area contributed by atoms with Gasteiger partial charge in [-0.1, -0.05) is 58.0 Å². The molecule has 0 unspecified atom stereocenters. The van der Waals surface area contributed by atoms with Crippen molar-refractivity contribution in [3.05, 3.63) is 35.9 Å². The number of hydrogen-bond donors (Lipinski definition) is 1. The molecular weight excluding hydrogens is 206 g/mol. The van der Waals surface area contributed by atoms with Crippen LogP contribution in [-0.2, 0) is 5.41 Å². The van der Waals surface area contributed by atoms with Crippen LogP contribution in [0.4, 0.5) is 0 Å². The SMILES string of the molecule is CC(C)C[C@](C)(N)CC(C)(C)c1ccccc1. The normalized spacial score (nSPS) is 15.9. The van der Waals surface area contributed by atoms with E-state index in [1.54, 1.807) is 0 Å². The molecule has 0 fully saturated rings. The molecule has 0 saturated carbocycles. The highest BCUT2D eigenvalue weighted by atomic mass is 14.7. The van der Waals surface area contributed by atoms with Crippen LogP contribution < -0.4 is 5.73 Å². The Morgan fingerprint density at radius 2 is 1.59 bits per heavy atom. The number of rotatable bonds is 5. The fraction of sp³-hybridized carbons (Fsp3) is 0.625. The second-order valence-corrected chi connectivity index (χ2v) is 6.68. The van der Waals surface area contributed by atoms with Gasteiger partial charge in [-0.2, -0.15) is 0 Å². The summed E-state index contributed by atoms with van der Waals surface area (Å²) in [5.74, 6) is 0.650. The first-order valence-corrected chi connectivity index (χ1v) is 6.57. The van der Waals surface area contributed by atoms with Crippen LogP contribution in [0, 0.1) is 5.92 Å². The molecule has 1 aromatic rings. The minimum Gasteiger partial charge on any atom is -0.325 e. The molecule has 0 radical (unpaired) electrons. The van der Waals surface area contributed by atoms with Crippen molar-refractivity contribution in [2.24, 2.45) is 11.7 Å². The molecule has 0 spiro atoms. The summed E-state index contributed by atoms with van der Waals surface area (Å²) in [6, 6.07) is 10.7. The van der Waals surface area contributed by atoms with Gasteiger partial charge in [0.15, 0.2) is 0 Å². The maximum atomic E-state index is 6.44. The summed E-state index contributed by atoms with van der Waals surface area (Å²) in [7, 11) is 0. The lowest BCUT2D eigenvalue weighted by atomic mass is 9.72. The lowest BCUT2D eigenvalue weighted by Crippen LogP contribution is -2.43. The third-order valence-electron chi connectivity index (χ3n) is 3.28. The van der Waals surface area contributed by atoms with Gasteiger partial charge in [0.2, 0.25) is 0 Å². The monoisotopic (exact) mass is 233 g/mol. The van der Waals surface area contributed by atoms with E-state index in [0.29, 0.717) is 5.92 Å². The van der Waals surface area contributed by atoms with Crippen molar-refractivity contribution in [2.45, 2.75) is 58.4 Å². The molecule has 1 nitrogen and oxygen atoms in total. The van der Waals surface area contributed by atoms with Gasteiger partial charge < -0.3 is 5.73 Å². The highest BCUT2D eigenvalue weighted by molar-refractivity contribution is 5.24. The summed E-state index contributed by atoms with van der Waals surface area (Å²) >= 11 is 0. The standard InChI is InChI=1S/C16H27N/c1-13(2)11-16(5,17)12-15(3,4)14-9-7-6-8-10-14/h6-10,13H,11-12,17H2,1-5H3/t16-/m0/s1. The second kappa shape index (κ2) is 5.22. The summed E-state index contributed by atoms with van der Waals surface area (Å²) in [6.45, 7) is 11.2. The number of hydrogen-bond acceptors (Lipinski definition) is 1. The first kappa shape index (κ1) is 14.2. The van der Waals surface area contributed by atoms with Crippen LogP contribution in [-0.4, -0.2) is 5.54 Å². The van der Waals surface area contributed by atoms with E-state index in [9.17, 15) is 0 Å². The highest BCUT2D eigenvalue weighted by Gasteiger charge is 2.30. The van der Waals surface area contributed by atoms with Gasteiger partial charge in [-0.25, -0.2) is 0 Å². The first-order chi connectivity index (χ1) is 7.73. The fourth-order valence-electron chi connectivity index (χ4n) is 3.01. The molecule has 0 amide bonds. The third-order valence-corrected chi connectivity index (χ3v) is 3.28. The van der Waals surface area contributed by atoms with E-state index in [-0.39, 0.29) is 11.0 Å². The topological polar surface area (TPSA) is 26.0 Å². The zero-order chi connectivity index (χ0) is 13.1. The Morgan fingerprint density at radius 1 is 1.06 bits per heavy atom. The van der Waals surface area contributed by atoms with Crippen LogP contribution in [0.5, 0.6) is 0 Å². The molecule has 0 aromatic heterocycles. The molecule has 17 heavy (non-hydrogen) atoms. The fourth-order valence-corrected chi connectivity index (χ4v) is 3.01. The Labute approximate surface area is 106 Å². The predicted octanol–water partition coefficient (Wildman–Crippen LogP) is 4.12. The first-order valence-electron chi connectivity index (χ1n) is 6.57. The van der Waals surface area contributed by atoms with Crippen LogP contribution in [0.2, 0.25) is 0 Å². The molecule has 1 aromatic carbocycles. The molecular formula is C16H27N. The van der Waals surface area contributed by atoms with Crippen LogP contribution in [0.15, 0.2) is 30.3 Å². The molecule has 1 rings (SSSR count). The van der Waals surface area contributed by atoms with E-state index in [0.717, 1.165) is 12.8 Å². The highest BCUT2D eigenvalue weighted by Crippen LogP contribution is 2.33. The van der Waals surface area contributed by atoms with Gasteiger partial charge in [-0.05, 0) is 36.7 Å². The molecule has 2 N–H and O–H groups in total. The third kappa shape index (κ3) is 4.51. The van der Waals surface area contributed by atoms with Gasteiger partial charge in [0.05, 0.1) is 0 Å². The van der Waals surface area contributed by atoms with E-state index in [1.807, 2.05) is 0 Å². The number of nitrogens with two attached hydrogens (primary N) is 1. The molecule has 0 aliphatic rings. The van der Waals surface area contributed by atoms with Crippen molar-refractivity contribution >= 4 is 0 Å². The lowest BCUT2D eigenvalue weighted by molar-refractivity contribution is 0.281. The zero-order valence-electron chi connectivity index (χ0n) is 12.0. The molecule has 0 heterocycles. The van der Waals surface area contributed by atoms with Gasteiger partial charge in [0, 0.05) is 5.54 Å². The van der Waals surface area contributed by atoms with Gasteiger partial charge in [-0.3, -0.25) is 0 Å². The van der Waals surface area contributed by atoms with E-state index in [2.05, 4.69) is 65.0 Å². The molecule has 1 heteroatoms. The van der Waals surface area contributed by atoms with Gasteiger partial charge >= 0.3 is 0 Å². The summed E-state index contributed by atoms with van der Waals surface area (Å²) in [5, 5.41) is 0. The van der Waals surface area contributed by atoms with Crippen molar-refractivity contribution in [3.63, 3.8) is 0 Å². The van der Waals surface area contributed by atoms with Crippen molar-refractivity contribution in [3.8, 4) is 0 Å². The van der Waals surface area contributed by atoms with Crippen molar-refractivity contribution in [1.82, 2.24) is 0 Å². The zero-order valence-corrected chi connectivity index (χ0v) is 12.0. The Bertz CT molecular complexity index is 336. The van der Waals surface area contributed by atoms with E-state index < -0.39 is 0 Å². The lowest BCUT2D eigenvalue weighted by Gasteiger charge is -2.36. The minimum absolute atomic E-state index is 0.0898. The van der Waals surface area contributed by atoms with Crippen LogP contribution >= 0.6 is 0 Å². The Kier molecular flexibility index (Phi) is 4.37. The summed E-state index contributed by atoms with van der Waals surface area (Å²) in [5.41, 5.74) is 7.87. The smallest absolute Gasteiger partial charge is 0.0136 e. The largest absolute Gasteiger partial charge is 0.325 e. The van der Waals surface area contributed by atoms with Crippen LogP contribution in [0.25, 0.3) is 0 Å². The Balaban J connectivity index is 2.79. The Hall–Kier alpha value is -0.820. The number of benzene rings is 1. The minimum atomic E-state index is -0.0898. The van der Waals surface area contributed by atoms with Crippen molar-refractivity contribution in [1.29, 1.82) is 0 Å². The molecule has 0 bridgehead atoms. The van der Waals surface area contributed by atoms with Gasteiger partial charge in [-0.15, -0.1) is 0 Å². The Morgan fingerprint density at radius 3 is 2.06 bits per heavy atom. The summed E-state index contributed by atoms with van der Waals surface area (Å²) in [4.78, 5) is 0.